The molecule has 0 aromatic heterocycles. The van der Waals surface area contributed by atoms with Gasteiger partial charge in [0.1, 0.15) is 6.54 Å². The summed E-state index contributed by atoms with van der Waals surface area (Å²) in [6.45, 7) is 5.91. The first-order valence-electron chi connectivity index (χ1n) is 4.09. The quantitative estimate of drug-likeness (QED) is 0.370. The minimum Gasteiger partial charge on any atom is -0.221 e. The summed E-state index contributed by atoms with van der Waals surface area (Å²) < 4.78 is 0.625. The monoisotopic (exact) mass is 192 g/mol. The predicted molar refractivity (Wildman–Crippen MR) is 54.9 cm³/mol. The third-order valence-electron chi connectivity index (χ3n) is 1.32. The lowest BCUT2D eigenvalue weighted by Gasteiger charge is -2.18. The van der Waals surface area contributed by atoms with Gasteiger partial charge in [0.05, 0.1) is 14.1 Å². The second-order valence-corrected chi connectivity index (χ2v) is 3.02. The second kappa shape index (κ2) is 7.29. The van der Waals surface area contributed by atoms with Gasteiger partial charge in [-0.05, 0) is 18.4 Å². The number of nitrogens with zero attached hydrogens (tertiary/aromatic N) is 3. The highest BCUT2D eigenvalue weighted by atomic mass is 35.5. The first-order valence-corrected chi connectivity index (χ1v) is 4.09. The molecular weight excluding hydrogens is 174 g/mol. The van der Waals surface area contributed by atoms with Gasteiger partial charge in [0.2, 0.25) is 0 Å². The normalized spacial score (nSPS) is 9.67. The molecule has 0 spiro atoms. The van der Waals surface area contributed by atoms with Crippen molar-refractivity contribution >= 4 is 18.4 Å². The van der Waals surface area contributed by atoms with E-state index in [9.17, 15) is 0 Å². The zero-order chi connectivity index (χ0) is 8.74. The minimum atomic E-state index is 0. The van der Waals surface area contributed by atoms with Crippen molar-refractivity contribution in [2.24, 2.45) is 10.1 Å². The van der Waals surface area contributed by atoms with Crippen LogP contribution in [0.4, 0.5) is 0 Å². The molecule has 0 atom stereocenters. The highest BCUT2D eigenvalue weighted by Crippen LogP contribution is 1.97. The molecule has 0 rings (SSSR count). The molecule has 0 aromatic carbocycles. The molecule has 0 N–H and O–H groups in total. The number of quaternary nitrogens is 1. The van der Waals surface area contributed by atoms with E-state index in [0.717, 1.165) is 19.5 Å². The molecule has 0 saturated carbocycles. The van der Waals surface area contributed by atoms with E-state index in [1.807, 2.05) is 21.0 Å². The molecule has 0 fully saturated rings. The van der Waals surface area contributed by atoms with Gasteiger partial charge < -0.3 is 0 Å². The average Bonchev–Trinajstić information content (AvgIpc) is 1.87. The Kier molecular flexibility index (Phi) is 8.61. The van der Waals surface area contributed by atoms with E-state index < -0.39 is 0 Å². The van der Waals surface area contributed by atoms with E-state index in [2.05, 4.69) is 23.0 Å². The van der Waals surface area contributed by atoms with Crippen LogP contribution >= 0.6 is 12.4 Å². The lowest BCUT2D eigenvalue weighted by atomic mass is 10.4. The summed E-state index contributed by atoms with van der Waals surface area (Å²) >= 11 is 0. The molecule has 12 heavy (non-hydrogen) atoms. The molecule has 3 nitrogen and oxygen atoms in total. The van der Waals surface area contributed by atoms with Gasteiger partial charge in [0, 0.05) is 6.54 Å². The fraction of sp³-hybridized carbons (Fsp3) is 0.875. The van der Waals surface area contributed by atoms with Crippen molar-refractivity contribution in [3.05, 3.63) is 0 Å². The van der Waals surface area contributed by atoms with E-state index in [4.69, 9.17) is 0 Å². The van der Waals surface area contributed by atoms with Crippen LogP contribution in [0.5, 0.6) is 0 Å². The van der Waals surface area contributed by atoms with Crippen LogP contribution in [0.15, 0.2) is 10.1 Å². The third kappa shape index (κ3) is 7.73. The fourth-order valence-electron chi connectivity index (χ4n) is 0.821. The maximum atomic E-state index is 4.16. The molecule has 0 bridgehead atoms. The van der Waals surface area contributed by atoms with E-state index >= 15 is 0 Å². The Labute approximate surface area is 81.2 Å². The lowest BCUT2D eigenvalue weighted by molar-refractivity contribution is -0.896. The van der Waals surface area contributed by atoms with Crippen LogP contribution in [0.2, 0.25) is 0 Å². The molecule has 0 amide bonds. The smallest absolute Gasteiger partial charge is 0.153 e. The van der Waals surface area contributed by atoms with Gasteiger partial charge in [-0.2, -0.15) is 4.59 Å². The van der Waals surface area contributed by atoms with E-state index in [1.54, 1.807) is 0 Å². The van der Waals surface area contributed by atoms with E-state index in [1.165, 1.54) is 0 Å². The van der Waals surface area contributed by atoms with Gasteiger partial charge in [-0.1, -0.05) is 6.92 Å². The van der Waals surface area contributed by atoms with Gasteiger partial charge in [-0.25, -0.2) is 4.99 Å². The molecule has 0 aromatic rings. The summed E-state index contributed by atoms with van der Waals surface area (Å²) in [6, 6.07) is 2.68. The Morgan fingerprint density at radius 1 is 1.25 bits per heavy atom. The molecule has 72 valence electrons. The van der Waals surface area contributed by atoms with Crippen molar-refractivity contribution in [1.82, 2.24) is 0 Å². The van der Waals surface area contributed by atoms with Crippen LogP contribution in [0.3, 0.4) is 0 Å². The molecule has 0 heterocycles. The van der Waals surface area contributed by atoms with Gasteiger partial charge in [-0.3, -0.25) is 0 Å². The minimum absolute atomic E-state index is 0. The first-order chi connectivity index (χ1) is 5.12. The van der Waals surface area contributed by atoms with Gasteiger partial charge >= 0.3 is 0 Å². The van der Waals surface area contributed by atoms with Crippen molar-refractivity contribution < 1.29 is 4.59 Å². The van der Waals surface area contributed by atoms with Gasteiger partial charge in [-0.15, -0.1) is 12.4 Å². The standard InChI is InChI=1S/C8H18N3.ClH/c1-5-7-11(3,4)10-8-9-6-2;/h5-7H2,1-4H3;1H/q+1;. The third-order valence-corrected chi connectivity index (χ3v) is 1.32. The number of halogens is 1. The highest BCUT2D eigenvalue weighted by Gasteiger charge is 2.09. The highest BCUT2D eigenvalue weighted by molar-refractivity contribution is 5.85. The molecule has 0 aliphatic rings. The predicted octanol–water partition coefficient (Wildman–Crippen LogP) is 2.00. The average molecular weight is 193 g/mol. The van der Waals surface area contributed by atoms with Crippen molar-refractivity contribution in [1.29, 1.82) is 0 Å². The largest absolute Gasteiger partial charge is 0.221 e. The maximum Gasteiger partial charge on any atom is 0.153 e. The fourth-order valence-corrected chi connectivity index (χ4v) is 0.821. The van der Waals surface area contributed by atoms with Crippen LogP contribution in [-0.2, 0) is 0 Å². The van der Waals surface area contributed by atoms with Crippen LogP contribution in [0, 0.1) is 0 Å². The summed E-state index contributed by atoms with van der Waals surface area (Å²) in [5, 5.41) is 4.16. The lowest BCUT2D eigenvalue weighted by Crippen LogP contribution is -2.33. The molecule has 0 aliphatic heterocycles. The Balaban J connectivity index is 0. The summed E-state index contributed by atoms with van der Waals surface area (Å²) in [4.78, 5) is 3.91. The van der Waals surface area contributed by atoms with E-state index in [0.29, 0.717) is 4.59 Å². The molecule has 0 saturated heterocycles. The molecule has 0 unspecified atom stereocenters. The number of hydrogen-bond acceptors (Lipinski definition) is 2. The van der Waals surface area contributed by atoms with Crippen molar-refractivity contribution in [2.45, 2.75) is 20.3 Å². The van der Waals surface area contributed by atoms with Crippen LogP contribution in [-0.4, -0.2) is 37.8 Å². The zero-order valence-electron chi connectivity index (χ0n) is 8.37. The second-order valence-electron chi connectivity index (χ2n) is 3.02. The Morgan fingerprint density at radius 2 is 1.83 bits per heavy atom. The van der Waals surface area contributed by atoms with Crippen molar-refractivity contribution in [3.63, 3.8) is 0 Å². The van der Waals surface area contributed by atoms with Crippen molar-refractivity contribution in [3.8, 4) is 0 Å². The Bertz CT molecular complexity index is 160. The van der Waals surface area contributed by atoms with Gasteiger partial charge in [0.25, 0.3) is 0 Å². The zero-order valence-corrected chi connectivity index (χ0v) is 9.19. The van der Waals surface area contributed by atoms with Gasteiger partial charge in [0.15, 0.2) is 6.01 Å². The first kappa shape index (κ1) is 14.2. The van der Waals surface area contributed by atoms with Crippen LogP contribution < -0.4 is 0 Å². The summed E-state index contributed by atoms with van der Waals surface area (Å²) in [7, 11) is 4.09. The molecule has 0 radical (unpaired) electrons. The molecule has 0 aliphatic carbocycles. The summed E-state index contributed by atoms with van der Waals surface area (Å²) in [6.07, 6.45) is 1.13. The van der Waals surface area contributed by atoms with E-state index in [-0.39, 0.29) is 12.4 Å². The number of rotatable bonds is 4. The summed E-state index contributed by atoms with van der Waals surface area (Å²) in [5.74, 6) is 0. The van der Waals surface area contributed by atoms with Crippen LogP contribution in [0.25, 0.3) is 0 Å². The molecule has 4 heteroatoms. The summed E-state index contributed by atoms with van der Waals surface area (Å²) in [5.41, 5.74) is 0. The maximum absolute atomic E-state index is 4.16. The number of hydrogen-bond donors (Lipinski definition) is 0. The SMILES string of the molecule is CCC[N+](C)(C)N=C=NCC.Cl. The molecular formula is C8H19ClN3+. The Morgan fingerprint density at radius 3 is 2.25 bits per heavy atom. The topological polar surface area (TPSA) is 24.7 Å². The van der Waals surface area contributed by atoms with Crippen molar-refractivity contribution in [2.75, 3.05) is 27.2 Å². The van der Waals surface area contributed by atoms with Crippen LogP contribution in [0.1, 0.15) is 20.3 Å². The number of aliphatic imine (C=N–C) groups is 1. The Hall–Kier alpha value is -0.370.